The maximum absolute atomic E-state index is 13.1. The minimum Gasteiger partial charge on any atom is -0.376 e. The Hall–Kier alpha value is -2.34. The first-order valence-corrected chi connectivity index (χ1v) is 10.3. The molecular formula is C22H29N3O3. The maximum Gasteiger partial charge on any atom is 0.320 e. The SMILES string of the molecule is Cc1cc(C)c2[nH]c(=O)c(CN(C[C@H]3CCCO3)C(=O)N3CCCC3)cc2c1. The molecule has 0 bridgehead atoms. The second-order valence-corrected chi connectivity index (χ2v) is 8.16. The van der Waals surface area contributed by atoms with Gasteiger partial charge in [-0.3, -0.25) is 4.79 Å². The summed E-state index contributed by atoms with van der Waals surface area (Å²) in [5, 5.41) is 1.01. The Kier molecular flexibility index (Phi) is 5.40. The van der Waals surface area contributed by atoms with Crippen LogP contribution in [0, 0.1) is 13.8 Å². The maximum atomic E-state index is 13.1. The Morgan fingerprint density at radius 2 is 2.00 bits per heavy atom. The third-order valence-electron chi connectivity index (χ3n) is 5.83. The van der Waals surface area contributed by atoms with E-state index in [1.54, 1.807) is 4.90 Å². The molecule has 1 N–H and O–H groups in total. The average molecular weight is 383 g/mol. The number of likely N-dealkylation sites (tertiary alicyclic amines) is 1. The molecule has 2 aliphatic rings. The number of carbonyl (C=O) groups excluding carboxylic acids is 1. The van der Waals surface area contributed by atoms with Gasteiger partial charge in [0, 0.05) is 31.8 Å². The van der Waals surface area contributed by atoms with Crippen LogP contribution in [-0.2, 0) is 11.3 Å². The average Bonchev–Trinajstić information content (AvgIpc) is 3.35. The topological polar surface area (TPSA) is 65.6 Å². The number of carbonyl (C=O) groups is 1. The van der Waals surface area contributed by atoms with E-state index in [4.69, 9.17) is 4.74 Å². The number of rotatable bonds is 4. The first kappa shape index (κ1) is 19.0. The molecule has 1 aromatic heterocycles. The first-order chi connectivity index (χ1) is 13.5. The van der Waals surface area contributed by atoms with Crippen molar-refractivity contribution in [3.63, 3.8) is 0 Å². The highest BCUT2D eigenvalue weighted by molar-refractivity contribution is 5.83. The molecule has 0 saturated carbocycles. The van der Waals surface area contributed by atoms with Crippen molar-refractivity contribution in [1.82, 2.24) is 14.8 Å². The number of H-pyrrole nitrogens is 1. The van der Waals surface area contributed by atoms with Gasteiger partial charge in [-0.25, -0.2) is 4.79 Å². The van der Waals surface area contributed by atoms with Crippen molar-refractivity contribution < 1.29 is 9.53 Å². The van der Waals surface area contributed by atoms with Crippen molar-refractivity contribution >= 4 is 16.9 Å². The van der Waals surface area contributed by atoms with E-state index < -0.39 is 0 Å². The van der Waals surface area contributed by atoms with E-state index >= 15 is 0 Å². The van der Waals surface area contributed by atoms with Crippen LogP contribution in [0.2, 0.25) is 0 Å². The number of fused-ring (bicyclic) bond motifs is 1. The van der Waals surface area contributed by atoms with Crippen LogP contribution < -0.4 is 5.56 Å². The summed E-state index contributed by atoms with van der Waals surface area (Å²) in [6.07, 6.45) is 4.17. The molecule has 0 radical (unpaired) electrons. The van der Waals surface area contributed by atoms with Gasteiger partial charge in [0.15, 0.2) is 0 Å². The molecule has 28 heavy (non-hydrogen) atoms. The van der Waals surface area contributed by atoms with Gasteiger partial charge in [-0.2, -0.15) is 0 Å². The molecule has 2 fully saturated rings. The molecule has 3 heterocycles. The lowest BCUT2D eigenvalue weighted by Gasteiger charge is -2.29. The number of nitrogens with zero attached hydrogens (tertiary/aromatic N) is 2. The second-order valence-electron chi connectivity index (χ2n) is 8.16. The molecule has 2 amide bonds. The lowest BCUT2D eigenvalue weighted by Crippen LogP contribution is -2.45. The van der Waals surface area contributed by atoms with E-state index in [-0.39, 0.29) is 17.7 Å². The minimum absolute atomic E-state index is 0.0212. The van der Waals surface area contributed by atoms with Gasteiger partial charge in [0.25, 0.3) is 5.56 Å². The third kappa shape index (κ3) is 3.92. The predicted octanol–water partition coefficient (Wildman–Crippen LogP) is 3.34. The smallest absolute Gasteiger partial charge is 0.320 e. The van der Waals surface area contributed by atoms with Gasteiger partial charge >= 0.3 is 6.03 Å². The number of pyridine rings is 1. The number of amides is 2. The lowest BCUT2D eigenvalue weighted by molar-refractivity contribution is 0.0725. The van der Waals surface area contributed by atoms with Crippen LogP contribution in [0.3, 0.4) is 0 Å². The fourth-order valence-electron chi connectivity index (χ4n) is 4.41. The highest BCUT2D eigenvalue weighted by Crippen LogP contribution is 2.21. The summed E-state index contributed by atoms with van der Waals surface area (Å²) in [4.78, 5) is 32.6. The van der Waals surface area contributed by atoms with Gasteiger partial charge in [0.05, 0.1) is 18.2 Å². The molecule has 0 spiro atoms. The van der Waals surface area contributed by atoms with E-state index in [0.29, 0.717) is 18.7 Å². The lowest BCUT2D eigenvalue weighted by atomic mass is 10.1. The molecule has 6 heteroatoms. The zero-order valence-corrected chi connectivity index (χ0v) is 16.8. The molecule has 0 unspecified atom stereocenters. The number of nitrogens with one attached hydrogen (secondary N) is 1. The molecule has 4 rings (SSSR count). The summed E-state index contributed by atoms with van der Waals surface area (Å²) in [6, 6.07) is 6.11. The quantitative estimate of drug-likeness (QED) is 0.881. The summed E-state index contributed by atoms with van der Waals surface area (Å²) in [5.41, 5.74) is 3.60. The monoisotopic (exact) mass is 383 g/mol. The number of ether oxygens (including phenoxy) is 1. The third-order valence-corrected chi connectivity index (χ3v) is 5.83. The summed E-state index contributed by atoms with van der Waals surface area (Å²) in [6.45, 7) is 7.27. The first-order valence-electron chi connectivity index (χ1n) is 10.3. The highest BCUT2D eigenvalue weighted by atomic mass is 16.5. The highest BCUT2D eigenvalue weighted by Gasteiger charge is 2.28. The van der Waals surface area contributed by atoms with Crippen LogP contribution in [0.15, 0.2) is 23.0 Å². The Morgan fingerprint density at radius 3 is 2.71 bits per heavy atom. The zero-order chi connectivity index (χ0) is 19.7. The summed E-state index contributed by atoms with van der Waals surface area (Å²) < 4.78 is 5.77. The molecule has 150 valence electrons. The van der Waals surface area contributed by atoms with E-state index in [2.05, 4.69) is 24.0 Å². The van der Waals surface area contributed by atoms with Crippen LogP contribution in [0.4, 0.5) is 4.79 Å². The Labute approximate surface area is 165 Å². The Bertz CT molecular complexity index is 925. The number of aromatic amines is 1. The molecule has 1 aromatic carbocycles. The number of hydrogen-bond donors (Lipinski definition) is 1. The summed E-state index contributed by atoms with van der Waals surface area (Å²) in [7, 11) is 0. The van der Waals surface area contributed by atoms with Crippen molar-refractivity contribution in [3.8, 4) is 0 Å². The molecule has 2 aliphatic heterocycles. The summed E-state index contributed by atoms with van der Waals surface area (Å²) in [5.74, 6) is 0. The predicted molar refractivity (Wildman–Crippen MR) is 110 cm³/mol. The van der Waals surface area contributed by atoms with Crippen LogP contribution in [0.25, 0.3) is 10.9 Å². The molecule has 1 atom stereocenters. The van der Waals surface area contributed by atoms with Gasteiger partial charge in [-0.05, 0) is 62.6 Å². The van der Waals surface area contributed by atoms with Gasteiger partial charge in [-0.15, -0.1) is 0 Å². The van der Waals surface area contributed by atoms with E-state index in [1.165, 1.54) is 0 Å². The second kappa shape index (κ2) is 7.95. The van der Waals surface area contributed by atoms with Crippen LogP contribution in [0.5, 0.6) is 0 Å². The van der Waals surface area contributed by atoms with Gasteiger partial charge in [0.2, 0.25) is 0 Å². The number of hydrogen-bond acceptors (Lipinski definition) is 3. The van der Waals surface area contributed by atoms with E-state index in [9.17, 15) is 9.59 Å². The molecule has 6 nitrogen and oxygen atoms in total. The fraction of sp³-hybridized carbons (Fsp3) is 0.545. The largest absolute Gasteiger partial charge is 0.376 e. The van der Waals surface area contributed by atoms with Crippen molar-refractivity contribution in [3.05, 3.63) is 45.2 Å². The normalized spacial score (nSPS) is 19.5. The minimum atomic E-state index is -0.119. The Balaban J connectivity index is 1.64. The Morgan fingerprint density at radius 1 is 1.21 bits per heavy atom. The van der Waals surface area contributed by atoms with Crippen LogP contribution in [0.1, 0.15) is 42.4 Å². The van der Waals surface area contributed by atoms with E-state index in [1.807, 2.05) is 17.9 Å². The zero-order valence-electron chi connectivity index (χ0n) is 16.8. The molecule has 0 aliphatic carbocycles. The summed E-state index contributed by atoms with van der Waals surface area (Å²) >= 11 is 0. The van der Waals surface area contributed by atoms with Crippen molar-refractivity contribution in [2.45, 2.75) is 52.2 Å². The van der Waals surface area contributed by atoms with Crippen molar-refractivity contribution in [2.24, 2.45) is 0 Å². The number of aromatic nitrogens is 1. The standard InChI is InChI=1S/C22H29N3O3/c1-15-10-16(2)20-17(11-15)12-18(21(26)23-20)13-25(14-19-6-5-9-28-19)22(27)24-7-3-4-8-24/h10-12,19H,3-9,13-14H2,1-2H3,(H,23,26)/t19-/m1/s1. The molecular weight excluding hydrogens is 354 g/mol. The fourth-order valence-corrected chi connectivity index (χ4v) is 4.41. The number of urea groups is 1. The van der Waals surface area contributed by atoms with E-state index in [0.717, 1.165) is 67.4 Å². The number of benzene rings is 1. The number of aryl methyl sites for hydroxylation is 2. The van der Waals surface area contributed by atoms with Crippen molar-refractivity contribution in [1.29, 1.82) is 0 Å². The van der Waals surface area contributed by atoms with Crippen LogP contribution >= 0.6 is 0 Å². The van der Waals surface area contributed by atoms with Gasteiger partial charge in [-0.1, -0.05) is 11.6 Å². The molecule has 2 aromatic rings. The van der Waals surface area contributed by atoms with Gasteiger partial charge in [0.1, 0.15) is 0 Å². The van der Waals surface area contributed by atoms with Crippen molar-refractivity contribution in [2.75, 3.05) is 26.2 Å². The van der Waals surface area contributed by atoms with Gasteiger partial charge < -0.3 is 19.5 Å². The van der Waals surface area contributed by atoms with Crippen LogP contribution in [-0.4, -0.2) is 53.2 Å². The molecule has 2 saturated heterocycles.